The summed E-state index contributed by atoms with van der Waals surface area (Å²) in [6.07, 6.45) is 4.31. The van der Waals surface area contributed by atoms with Crippen molar-refractivity contribution in [3.05, 3.63) is 40.3 Å². The summed E-state index contributed by atoms with van der Waals surface area (Å²) in [5.74, 6) is -0.0188. The number of hydrogen-bond donors (Lipinski definition) is 2. The van der Waals surface area contributed by atoms with Crippen LogP contribution in [-0.4, -0.2) is 22.4 Å². The number of H-pyrrole nitrogens is 1. The standard InChI is InChI=1S/C12H10BrN3O/c13-10-9-8(3-6-15-12(9)17)16-11(10)7-1-4-14-5-2-7/h1-2,4-5,16H,3,6H2,(H,15,17). The van der Waals surface area contributed by atoms with Gasteiger partial charge in [0.1, 0.15) is 0 Å². The van der Waals surface area contributed by atoms with E-state index in [-0.39, 0.29) is 5.91 Å². The Morgan fingerprint density at radius 2 is 2.06 bits per heavy atom. The van der Waals surface area contributed by atoms with Gasteiger partial charge in [-0.15, -0.1) is 0 Å². The maximum atomic E-state index is 11.8. The van der Waals surface area contributed by atoms with Crippen LogP contribution < -0.4 is 5.32 Å². The summed E-state index contributed by atoms with van der Waals surface area (Å²) >= 11 is 3.50. The van der Waals surface area contributed by atoms with E-state index in [2.05, 4.69) is 31.2 Å². The smallest absolute Gasteiger partial charge is 0.254 e. The molecule has 86 valence electrons. The zero-order chi connectivity index (χ0) is 11.8. The number of rotatable bonds is 1. The van der Waals surface area contributed by atoms with Crippen LogP contribution in [0, 0.1) is 0 Å². The van der Waals surface area contributed by atoms with E-state index in [4.69, 9.17) is 0 Å². The van der Waals surface area contributed by atoms with Crippen molar-refractivity contribution in [3.8, 4) is 11.3 Å². The first kappa shape index (κ1) is 10.5. The molecule has 5 heteroatoms. The lowest BCUT2D eigenvalue weighted by Crippen LogP contribution is -2.31. The number of amides is 1. The van der Waals surface area contributed by atoms with Crippen molar-refractivity contribution in [2.45, 2.75) is 6.42 Å². The van der Waals surface area contributed by atoms with Crippen LogP contribution in [0.1, 0.15) is 16.1 Å². The molecule has 0 spiro atoms. The molecule has 0 bridgehead atoms. The lowest BCUT2D eigenvalue weighted by atomic mass is 10.1. The molecule has 2 aromatic heterocycles. The molecule has 3 rings (SSSR count). The van der Waals surface area contributed by atoms with E-state index in [1.165, 1.54) is 0 Å². The van der Waals surface area contributed by atoms with Gasteiger partial charge >= 0.3 is 0 Å². The van der Waals surface area contributed by atoms with Crippen LogP contribution in [0.25, 0.3) is 11.3 Å². The molecular weight excluding hydrogens is 282 g/mol. The first-order valence-corrected chi connectivity index (χ1v) is 6.15. The third kappa shape index (κ3) is 1.67. The number of pyridine rings is 1. The Morgan fingerprint density at radius 1 is 1.29 bits per heavy atom. The van der Waals surface area contributed by atoms with Gasteiger partial charge in [-0.3, -0.25) is 9.78 Å². The Hall–Kier alpha value is -1.62. The molecule has 2 aromatic rings. The second-order valence-corrected chi connectivity index (χ2v) is 4.70. The fourth-order valence-corrected chi connectivity index (χ4v) is 2.80. The lowest BCUT2D eigenvalue weighted by Gasteiger charge is -2.11. The van der Waals surface area contributed by atoms with Crippen LogP contribution in [-0.2, 0) is 6.42 Å². The number of carbonyl (C=O) groups is 1. The van der Waals surface area contributed by atoms with Crippen LogP contribution in [0.15, 0.2) is 29.0 Å². The van der Waals surface area contributed by atoms with Gasteiger partial charge in [0.2, 0.25) is 0 Å². The highest BCUT2D eigenvalue weighted by molar-refractivity contribution is 9.10. The van der Waals surface area contributed by atoms with Crippen molar-refractivity contribution in [1.82, 2.24) is 15.3 Å². The number of nitrogens with zero attached hydrogens (tertiary/aromatic N) is 1. The number of aromatic amines is 1. The molecule has 0 fully saturated rings. The lowest BCUT2D eigenvalue weighted by molar-refractivity contribution is 0.0945. The van der Waals surface area contributed by atoms with Gasteiger partial charge in [0.05, 0.1) is 15.7 Å². The molecule has 0 saturated heterocycles. The molecule has 17 heavy (non-hydrogen) atoms. The van der Waals surface area contributed by atoms with Gasteiger partial charge in [-0.2, -0.15) is 0 Å². The maximum absolute atomic E-state index is 11.8. The number of fused-ring (bicyclic) bond motifs is 1. The Labute approximate surface area is 107 Å². The van der Waals surface area contributed by atoms with E-state index in [9.17, 15) is 4.79 Å². The minimum atomic E-state index is -0.0188. The summed E-state index contributed by atoms with van der Waals surface area (Å²) in [6.45, 7) is 0.689. The van der Waals surface area contributed by atoms with E-state index in [0.717, 1.165) is 33.4 Å². The normalized spacial score (nSPS) is 14.3. The van der Waals surface area contributed by atoms with E-state index in [0.29, 0.717) is 6.54 Å². The number of carbonyl (C=O) groups excluding carboxylic acids is 1. The fourth-order valence-electron chi connectivity index (χ4n) is 2.06. The summed E-state index contributed by atoms with van der Waals surface area (Å²) in [6, 6.07) is 3.83. The Bertz CT molecular complexity index is 577. The molecule has 2 N–H and O–H groups in total. The van der Waals surface area contributed by atoms with Gasteiger partial charge in [0.15, 0.2) is 0 Å². The molecule has 4 nitrogen and oxygen atoms in total. The van der Waals surface area contributed by atoms with Crippen molar-refractivity contribution in [1.29, 1.82) is 0 Å². The second kappa shape index (κ2) is 4.00. The predicted molar refractivity (Wildman–Crippen MR) is 67.8 cm³/mol. The summed E-state index contributed by atoms with van der Waals surface area (Å²) < 4.78 is 0.830. The van der Waals surface area contributed by atoms with Crippen LogP contribution >= 0.6 is 15.9 Å². The van der Waals surface area contributed by atoms with Crippen molar-refractivity contribution in [2.75, 3.05) is 6.54 Å². The van der Waals surface area contributed by atoms with Crippen molar-refractivity contribution < 1.29 is 4.79 Å². The molecule has 1 amide bonds. The van der Waals surface area contributed by atoms with E-state index in [1.807, 2.05) is 12.1 Å². The summed E-state index contributed by atoms with van der Waals surface area (Å²) in [5, 5.41) is 2.84. The zero-order valence-electron chi connectivity index (χ0n) is 8.96. The van der Waals surface area contributed by atoms with Gasteiger partial charge in [0.25, 0.3) is 5.91 Å². The van der Waals surface area contributed by atoms with Crippen molar-refractivity contribution >= 4 is 21.8 Å². The Morgan fingerprint density at radius 3 is 2.76 bits per heavy atom. The number of nitrogens with one attached hydrogen (secondary N) is 2. The van der Waals surface area contributed by atoms with Gasteiger partial charge in [0, 0.05) is 36.6 Å². The Kier molecular flexibility index (Phi) is 2.48. The minimum absolute atomic E-state index is 0.0188. The number of hydrogen-bond acceptors (Lipinski definition) is 2. The average molecular weight is 292 g/mol. The molecule has 0 atom stereocenters. The molecule has 1 aliphatic rings. The van der Waals surface area contributed by atoms with E-state index >= 15 is 0 Å². The minimum Gasteiger partial charge on any atom is -0.357 e. The SMILES string of the molecule is O=C1NCCc2[nH]c(-c3ccncc3)c(Br)c21. The first-order valence-electron chi connectivity index (χ1n) is 5.36. The molecule has 0 aliphatic carbocycles. The van der Waals surface area contributed by atoms with Gasteiger partial charge < -0.3 is 10.3 Å². The topological polar surface area (TPSA) is 57.8 Å². The average Bonchev–Trinajstić information content (AvgIpc) is 2.69. The summed E-state index contributed by atoms with van der Waals surface area (Å²) in [5.41, 5.74) is 3.68. The van der Waals surface area contributed by atoms with Crippen molar-refractivity contribution in [3.63, 3.8) is 0 Å². The van der Waals surface area contributed by atoms with E-state index in [1.54, 1.807) is 12.4 Å². The van der Waals surface area contributed by atoms with Crippen LogP contribution in [0.3, 0.4) is 0 Å². The van der Waals surface area contributed by atoms with Crippen LogP contribution in [0.2, 0.25) is 0 Å². The molecule has 0 radical (unpaired) electrons. The van der Waals surface area contributed by atoms with Gasteiger partial charge in [-0.05, 0) is 28.1 Å². The van der Waals surface area contributed by atoms with Crippen molar-refractivity contribution in [2.24, 2.45) is 0 Å². The van der Waals surface area contributed by atoms with Gasteiger partial charge in [-0.25, -0.2) is 0 Å². The predicted octanol–water partition coefficient (Wildman–Crippen LogP) is 2.13. The Balaban J connectivity index is 2.17. The molecule has 0 aromatic carbocycles. The van der Waals surface area contributed by atoms with E-state index < -0.39 is 0 Å². The maximum Gasteiger partial charge on any atom is 0.254 e. The number of aromatic nitrogens is 2. The molecular formula is C12H10BrN3O. The van der Waals surface area contributed by atoms with Crippen LogP contribution in [0.4, 0.5) is 0 Å². The third-order valence-corrected chi connectivity index (χ3v) is 3.67. The molecule has 3 heterocycles. The first-order chi connectivity index (χ1) is 8.27. The summed E-state index contributed by atoms with van der Waals surface area (Å²) in [7, 11) is 0. The summed E-state index contributed by atoms with van der Waals surface area (Å²) in [4.78, 5) is 19.1. The highest BCUT2D eigenvalue weighted by Gasteiger charge is 2.24. The largest absolute Gasteiger partial charge is 0.357 e. The monoisotopic (exact) mass is 291 g/mol. The third-order valence-electron chi connectivity index (χ3n) is 2.87. The fraction of sp³-hybridized carbons (Fsp3) is 0.167. The molecule has 0 saturated carbocycles. The quantitative estimate of drug-likeness (QED) is 0.846. The van der Waals surface area contributed by atoms with Crippen LogP contribution in [0.5, 0.6) is 0 Å². The highest BCUT2D eigenvalue weighted by Crippen LogP contribution is 2.33. The van der Waals surface area contributed by atoms with Gasteiger partial charge in [-0.1, -0.05) is 0 Å². The zero-order valence-corrected chi connectivity index (χ0v) is 10.5. The highest BCUT2D eigenvalue weighted by atomic mass is 79.9. The number of halogens is 1. The molecule has 0 unspecified atom stereocenters. The second-order valence-electron chi connectivity index (χ2n) is 3.91. The molecule has 1 aliphatic heterocycles.